The Kier molecular flexibility index (Phi) is 4.67. The van der Waals surface area contributed by atoms with E-state index in [1.165, 1.54) is 0 Å². The fourth-order valence-corrected chi connectivity index (χ4v) is 4.45. The Labute approximate surface area is 164 Å². The van der Waals surface area contributed by atoms with Gasteiger partial charge in [0.2, 0.25) is 5.91 Å². The highest BCUT2D eigenvalue weighted by Crippen LogP contribution is 2.43. The number of fused-ring (bicyclic) bond motifs is 3. The molecular formula is C23H24N2O3. The zero-order valence-electron chi connectivity index (χ0n) is 15.9. The van der Waals surface area contributed by atoms with Crippen LogP contribution in [-0.4, -0.2) is 21.6 Å². The fourth-order valence-electron chi connectivity index (χ4n) is 4.45. The number of anilines is 1. The molecule has 1 aliphatic rings. The maximum absolute atomic E-state index is 13.2. The molecular weight excluding hydrogens is 352 g/mol. The summed E-state index contributed by atoms with van der Waals surface area (Å²) in [5, 5.41) is 13.5. The van der Waals surface area contributed by atoms with Crippen molar-refractivity contribution in [3.05, 3.63) is 65.9 Å². The molecule has 1 atom stereocenters. The number of aromatic nitrogens is 1. The van der Waals surface area contributed by atoms with E-state index < -0.39 is 11.4 Å². The molecule has 4 rings (SSSR count). The Bertz CT molecular complexity index is 1040. The minimum atomic E-state index is -0.849. The van der Waals surface area contributed by atoms with Gasteiger partial charge in [-0.2, -0.15) is 0 Å². The predicted molar refractivity (Wildman–Crippen MR) is 109 cm³/mol. The number of hydrogen-bond donors (Lipinski definition) is 2. The van der Waals surface area contributed by atoms with Crippen LogP contribution in [0.2, 0.25) is 0 Å². The number of nitrogens with zero attached hydrogens (tertiary/aromatic N) is 1. The van der Waals surface area contributed by atoms with Gasteiger partial charge in [-0.1, -0.05) is 43.3 Å². The van der Waals surface area contributed by atoms with Crippen LogP contribution >= 0.6 is 0 Å². The number of rotatable bonds is 5. The van der Waals surface area contributed by atoms with Crippen LogP contribution < -0.4 is 5.32 Å². The molecule has 144 valence electrons. The Morgan fingerprint density at radius 3 is 2.54 bits per heavy atom. The number of nitrogens with one attached hydrogen (secondary N) is 1. The summed E-state index contributed by atoms with van der Waals surface area (Å²) >= 11 is 0. The summed E-state index contributed by atoms with van der Waals surface area (Å²) in [5.74, 6) is -0.806. The van der Waals surface area contributed by atoms with Crippen LogP contribution in [0.4, 0.5) is 5.69 Å². The molecule has 0 spiro atoms. The molecule has 5 nitrogen and oxygen atoms in total. The molecule has 0 saturated carbocycles. The van der Waals surface area contributed by atoms with Crippen molar-refractivity contribution in [2.24, 2.45) is 5.41 Å². The quantitative estimate of drug-likeness (QED) is 0.699. The van der Waals surface area contributed by atoms with Crippen LogP contribution in [-0.2, 0) is 29.0 Å². The van der Waals surface area contributed by atoms with Crippen molar-refractivity contribution in [3.8, 4) is 0 Å². The summed E-state index contributed by atoms with van der Waals surface area (Å²) in [6, 6.07) is 17.4. The van der Waals surface area contributed by atoms with Gasteiger partial charge in [-0.05, 0) is 49.4 Å². The smallest absolute Gasteiger partial charge is 0.323 e. The molecule has 1 aromatic heterocycles. The van der Waals surface area contributed by atoms with Crippen LogP contribution in [0.3, 0.4) is 0 Å². The minimum absolute atomic E-state index is 0.0434. The van der Waals surface area contributed by atoms with Gasteiger partial charge in [0.1, 0.15) is 6.54 Å². The zero-order chi connectivity index (χ0) is 19.7. The summed E-state index contributed by atoms with van der Waals surface area (Å²) in [5.41, 5.74) is 3.43. The van der Waals surface area contributed by atoms with Gasteiger partial charge in [-0.3, -0.25) is 9.59 Å². The Morgan fingerprint density at radius 2 is 1.82 bits per heavy atom. The number of aliphatic carboxylic acids is 1. The second-order valence-electron chi connectivity index (χ2n) is 7.55. The number of para-hydroxylation sites is 2. The van der Waals surface area contributed by atoms with E-state index in [-0.39, 0.29) is 12.5 Å². The summed E-state index contributed by atoms with van der Waals surface area (Å²) in [4.78, 5) is 24.6. The van der Waals surface area contributed by atoms with Gasteiger partial charge in [0, 0.05) is 22.3 Å². The SMILES string of the molecule is CCC1(C(=O)Nc2ccccc2)CCc2c(c3ccccc3n2CC(=O)O)C1. The Morgan fingerprint density at radius 1 is 1.11 bits per heavy atom. The zero-order valence-corrected chi connectivity index (χ0v) is 15.9. The molecule has 3 aromatic rings. The molecule has 1 aliphatic carbocycles. The van der Waals surface area contributed by atoms with Crippen molar-refractivity contribution in [2.75, 3.05) is 5.32 Å². The molecule has 0 fully saturated rings. The first kappa shape index (κ1) is 18.3. The van der Waals surface area contributed by atoms with E-state index in [1.54, 1.807) is 0 Å². The van der Waals surface area contributed by atoms with E-state index in [9.17, 15) is 14.7 Å². The molecule has 2 aromatic carbocycles. The van der Waals surface area contributed by atoms with E-state index in [2.05, 4.69) is 12.2 Å². The summed E-state index contributed by atoms with van der Waals surface area (Å²) in [6.07, 6.45) is 2.78. The van der Waals surface area contributed by atoms with E-state index in [0.29, 0.717) is 19.3 Å². The Balaban J connectivity index is 1.73. The van der Waals surface area contributed by atoms with Gasteiger partial charge >= 0.3 is 5.97 Å². The first-order valence-corrected chi connectivity index (χ1v) is 9.71. The number of carbonyl (C=O) groups excluding carboxylic acids is 1. The third-order valence-corrected chi connectivity index (χ3v) is 6.03. The van der Waals surface area contributed by atoms with Crippen molar-refractivity contribution in [2.45, 2.75) is 39.2 Å². The van der Waals surface area contributed by atoms with Gasteiger partial charge in [0.05, 0.1) is 5.41 Å². The third kappa shape index (κ3) is 3.07. The van der Waals surface area contributed by atoms with Crippen molar-refractivity contribution in [1.29, 1.82) is 0 Å². The third-order valence-electron chi connectivity index (χ3n) is 6.03. The number of carbonyl (C=O) groups is 2. The highest BCUT2D eigenvalue weighted by molar-refractivity contribution is 5.97. The number of amides is 1. The molecule has 1 amide bonds. The lowest BCUT2D eigenvalue weighted by atomic mass is 9.70. The molecule has 5 heteroatoms. The fraction of sp³-hybridized carbons (Fsp3) is 0.304. The molecule has 28 heavy (non-hydrogen) atoms. The van der Waals surface area contributed by atoms with Crippen LogP contribution in [0.15, 0.2) is 54.6 Å². The average Bonchev–Trinajstić information content (AvgIpc) is 3.01. The van der Waals surface area contributed by atoms with Crippen molar-refractivity contribution >= 4 is 28.5 Å². The van der Waals surface area contributed by atoms with E-state index in [1.807, 2.05) is 59.2 Å². The second-order valence-corrected chi connectivity index (χ2v) is 7.55. The molecule has 2 N–H and O–H groups in total. The van der Waals surface area contributed by atoms with Crippen LogP contribution in [0.25, 0.3) is 10.9 Å². The molecule has 0 aliphatic heterocycles. The van der Waals surface area contributed by atoms with E-state index in [0.717, 1.165) is 34.3 Å². The molecule has 1 heterocycles. The maximum Gasteiger partial charge on any atom is 0.323 e. The monoisotopic (exact) mass is 376 g/mol. The lowest BCUT2D eigenvalue weighted by molar-refractivity contribution is -0.137. The van der Waals surface area contributed by atoms with Crippen molar-refractivity contribution in [1.82, 2.24) is 4.57 Å². The van der Waals surface area contributed by atoms with Crippen molar-refractivity contribution < 1.29 is 14.7 Å². The van der Waals surface area contributed by atoms with Gasteiger partial charge in [0.15, 0.2) is 0 Å². The van der Waals surface area contributed by atoms with Crippen molar-refractivity contribution in [3.63, 3.8) is 0 Å². The lowest BCUT2D eigenvalue weighted by Crippen LogP contribution is -2.40. The van der Waals surface area contributed by atoms with Crippen LogP contribution in [0.1, 0.15) is 31.0 Å². The largest absolute Gasteiger partial charge is 0.480 e. The summed E-state index contributed by atoms with van der Waals surface area (Å²) in [6.45, 7) is 2.01. The molecule has 0 saturated heterocycles. The number of carboxylic acids is 1. The normalized spacial score (nSPS) is 18.6. The number of carboxylic acid groups (broad SMARTS) is 1. The van der Waals surface area contributed by atoms with E-state index >= 15 is 0 Å². The minimum Gasteiger partial charge on any atom is -0.480 e. The van der Waals surface area contributed by atoms with E-state index in [4.69, 9.17) is 0 Å². The van der Waals surface area contributed by atoms with Gasteiger partial charge in [0.25, 0.3) is 0 Å². The first-order valence-electron chi connectivity index (χ1n) is 9.71. The summed E-state index contributed by atoms with van der Waals surface area (Å²) < 4.78 is 1.90. The average molecular weight is 376 g/mol. The van der Waals surface area contributed by atoms with Gasteiger partial charge in [-0.25, -0.2) is 0 Å². The van der Waals surface area contributed by atoms with Gasteiger partial charge in [-0.15, -0.1) is 0 Å². The molecule has 1 unspecified atom stereocenters. The topological polar surface area (TPSA) is 71.3 Å². The number of benzene rings is 2. The number of hydrogen-bond acceptors (Lipinski definition) is 2. The van der Waals surface area contributed by atoms with Gasteiger partial charge < -0.3 is 15.0 Å². The first-order chi connectivity index (χ1) is 13.5. The lowest BCUT2D eigenvalue weighted by Gasteiger charge is -2.35. The predicted octanol–water partition coefficient (Wildman–Crippen LogP) is 4.25. The summed E-state index contributed by atoms with van der Waals surface area (Å²) in [7, 11) is 0. The highest BCUT2D eigenvalue weighted by atomic mass is 16.4. The standard InChI is InChI=1S/C23H24N2O3/c1-2-23(22(28)24-16-8-4-3-5-9-16)13-12-20-18(14-23)17-10-6-7-11-19(17)25(20)15-21(26)27/h3-11H,2,12-15H2,1H3,(H,24,28)(H,26,27). The highest BCUT2D eigenvalue weighted by Gasteiger charge is 2.41. The van der Waals surface area contributed by atoms with Crippen LogP contribution in [0.5, 0.6) is 0 Å². The second kappa shape index (κ2) is 7.15. The Hall–Kier alpha value is -3.08. The molecule has 0 radical (unpaired) electrons. The molecule has 0 bridgehead atoms. The maximum atomic E-state index is 13.2. The van der Waals surface area contributed by atoms with Crippen LogP contribution in [0, 0.1) is 5.41 Å².